The Morgan fingerprint density at radius 1 is 1.47 bits per heavy atom. The number of benzene rings is 1. The van der Waals surface area contributed by atoms with E-state index in [4.69, 9.17) is 17.4 Å². The van der Waals surface area contributed by atoms with Crippen molar-refractivity contribution in [2.45, 2.75) is 37.6 Å². The molecule has 2 unspecified atom stereocenters. The van der Waals surface area contributed by atoms with E-state index in [-0.39, 0.29) is 0 Å². The topological polar surface area (TPSA) is 38.0 Å². The monoisotopic (exact) mass is 272 g/mol. The van der Waals surface area contributed by atoms with Gasteiger partial charge in [0.05, 0.1) is 0 Å². The molecule has 0 saturated heterocycles. The fourth-order valence-corrected chi connectivity index (χ4v) is 3.21. The molecule has 2 nitrogen and oxygen atoms in total. The quantitative estimate of drug-likeness (QED) is 0.452. The summed E-state index contributed by atoms with van der Waals surface area (Å²) in [4.78, 5) is 1.20. The molecule has 0 heterocycles. The van der Waals surface area contributed by atoms with Crippen molar-refractivity contribution >= 4 is 23.4 Å². The van der Waals surface area contributed by atoms with Gasteiger partial charge >= 0.3 is 0 Å². The highest BCUT2D eigenvalue weighted by Crippen LogP contribution is 2.24. The number of nitrogens with one attached hydrogen (secondary N) is 1. The normalized spacial score (nSPS) is 14.6. The average molecular weight is 273 g/mol. The number of rotatable bonds is 7. The molecular formula is C13H21ClN2S. The first-order chi connectivity index (χ1) is 8.17. The van der Waals surface area contributed by atoms with E-state index in [9.17, 15) is 0 Å². The largest absolute Gasteiger partial charge is 0.271 e. The second-order valence-electron chi connectivity index (χ2n) is 4.31. The van der Waals surface area contributed by atoms with Gasteiger partial charge in [0.2, 0.25) is 0 Å². The van der Waals surface area contributed by atoms with Crippen molar-refractivity contribution in [1.29, 1.82) is 0 Å². The van der Waals surface area contributed by atoms with Gasteiger partial charge in [0.15, 0.2) is 0 Å². The first-order valence-electron chi connectivity index (χ1n) is 6.01. The highest BCUT2D eigenvalue weighted by atomic mass is 35.5. The molecule has 0 radical (unpaired) electrons. The van der Waals surface area contributed by atoms with Gasteiger partial charge in [0, 0.05) is 21.7 Å². The van der Waals surface area contributed by atoms with Crippen molar-refractivity contribution in [3.8, 4) is 0 Å². The van der Waals surface area contributed by atoms with E-state index in [0.29, 0.717) is 12.0 Å². The van der Waals surface area contributed by atoms with Gasteiger partial charge in [-0.05, 0) is 30.5 Å². The Hall–Kier alpha value is -0.220. The summed E-state index contributed by atoms with van der Waals surface area (Å²) in [6, 6.07) is 8.28. The molecule has 0 fully saturated rings. The van der Waals surface area contributed by atoms with Gasteiger partial charge in [-0.25, -0.2) is 0 Å². The second kappa shape index (κ2) is 7.98. The van der Waals surface area contributed by atoms with Crippen molar-refractivity contribution in [1.82, 2.24) is 5.43 Å². The summed E-state index contributed by atoms with van der Waals surface area (Å²) in [6.07, 6.45) is 2.39. The van der Waals surface area contributed by atoms with Crippen molar-refractivity contribution < 1.29 is 0 Å². The van der Waals surface area contributed by atoms with Gasteiger partial charge in [0.1, 0.15) is 0 Å². The zero-order valence-electron chi connectivity index (χ0n) is 10.4. The number of hydrogen-bond acceptors (Lipinski definition) is 3. The fourth-order valence-electron chi connectivity index (χ4n) is 1.78. The Morgan fingerprint density at radius 3 is 2.82 bits per heavy atom. The molecule has 3 N–H and O–H groups in total. The molecule has 96 valence electrons. The van der Waals surface area contributed by atoms with Crippen LogP contribution < -0.4 is 11.3 Å². The van der Waals surface area contributed by atoms with Gasteiger partial charge < -0.3 is 0 Å². The molecule has 0 bridgehead atoms. The fraction of sp³-hybridized carbons (Fsp3) is 0.538. The summed E-state index contributed by atoms with van der Waals surface area (Å²) in [5.74, 6) is 7.17. The predicted molar refractivity (Wildman–Crippen MR) is 77.4 cm³/mol. The lowest BCUT2D eigenvalue weighted by atomic mass is 9.99. The third-order valence-electron chi connectivity index (χ3n) is 2.87. The molecule has 17 heavy (non-hydrogen) atoms. The van der Waals surface area contributed by atoms with E-state index in [1.54, 1.807) is 11.8 Å². The summed E-state index contributed by atoms with van der Waals surface area (Å²) in [5.41, 5.74) is 2.92. The summed E-state index contributed by atoms with van der Waals surface area (Å²) in [5, 5.41) is 0.786. The minimum atomic E-state index is 0.346. The third kappa shape index (κ3) is 5.30. The van der Waals surface area contributed by atoms with Crippen LogP contribution in [0.15, 0.2) is 29.2 Å². The van der Waals surface area contributed by atoms with Crippen LogP contribution in [0.5, 0.6) is 0 Å². The van der Waals surface area contributed by atoms with Crippen molar-refractivity contribution in [3.63, 3.8) is 0 Å². The molecule has 0 amide bonds. The van der Waals surface area contributed by atoms with Crippen LogP contribution in [0, 0.1) is 5.92 Å². The average Bonchev–Trinajstić information content (AvgIpc) is 2.30. The molecule has 4 heteroatoms. The van der Waals surface area contributed by atoms with Crippen molar-refractivity contribution in [2.75, 3.05) is 5.75 Å². The van der Waals surface area contributed by atoms with Crippen LogP contribution in [0.2, 0.25) is 5.02 Å². The summed E-state index contributed by atoms with van der Waals surface area (Å²) < 4.78 is 0. The Kier molecular flexibility index (Phi) is 6.97. The minimum absolute atomic E-state index is 0.346. The van der Waals surface area contributed by atoms with Crippen LogP contribution in [-0.2, 0) is 0 Å². The molecular weight excluding hydrogens is 252 g/mol. The van der Waals surface area contributed by atoms with Crippen molar-refractivity contribution in [2.24, 2.45) is 11.8 Å². The van der Waals surface area contributed by atoms with Crippen LogP contribution in [0.4, 0.5) is 0 Å². The Labute approximate surface area is 113 Å². The molecule has 0 aliphatic heterocycles. The number of hydrogen-bond donors (Lipinski definition) is 2. The molecule has 1 aromatic carbocycles. The first kappa shape index (κ1) is 14.8. The lowest BCUT2D eigenvalue weighted by Gasteiger charge is -2.22. The zero-order chi connectivity index (χ0) is 12.7. The Bertz CT molecular complexity index is 333. The van der Waals surface area contributed by atoms with E-state index < -0.39 is 0 Å². The number of hydrazine groups is 1. The SMILES string of the molecule is CCCC(C)C(CSc1cccc(Cl)c1)NN. The van der Waals surface area contributed by atoms with E-state index in [0.717, 1.165) is 10.8 Å². The molecule has 0 saturated carbocycles. The maximum atomic E-state index is 5.95. The highest BCUT2D eigenvalue weighted by molar-refractivity contribution is 7.99. The zero-order valence-corrected chi connectivity index (χ0v) is 12.0. The molecule has 0 aliphatic rings. The van der Waals surface area contributed by atoms with E-state index >= 15 is 0 Å². The molecule has 0 aliphatic carbocycles. The smallest absolute Gasteiger partial charge is 0.0417 e. The van der Waals surface area contributed by atoms with Crippen LogP contribution in [0.25, 0.3) is 0 Å². The van der Waals surface area contributed by atoms with Crippen LogP contribution in [0.3, 0.4) is 0 Å². The highest BCUT2D eigenvalue weighted by Gasteiger charge is 2.15. The van der Waals surface area contributed by atoms with Gasteiger partial charge in [0.25, 0.3) is 0 Å². The number of halogens is 1. The molecule has 2 atom stereocenters. The second-order valence-corrected chi connectivity index (χ2v) is 5.84. The van der Waals surface area contributed by atoms with E-state index in [1.165, 1.54) is 17.7 Å². The molecule has 1 aromatic rings. The molecule has 0 spiro atoms. The molecule has 0 aromatic heterocycles. The summed E-state index contributed by atoms with van der Waals surface area (Å²) in [7, 11) is 0. The Balaban J connectivity index is 2.47. The number of thioether (sulfide) groups is 1. The van der Waals surface area contributed by atoms with Gasteiger partial charge in [-0.15, -0.1) is 11.8 Å². The van der Waals surface area contributed by atoms with Gasteiger partial charge in [-0.3, -0.25) is 11.3 Å². The van der Waals surface area contributed by atoms with Gasteiger partial charge in [-0.2, -0.15) is 0 Å². The van der Waals surface area contributed by atoms with Gasteiger partial charge in [-0.1, -0.05) is 37.9 Å². The maximum absolute atomic E-state index is 5.95. The lowest BCUT2D eigenvalue weighted by molar-refractivity contribution is 0.387. The number of nitrogens with two attached hydrogens (primary N) is 1. The van der Waals surface area contributed by atoms with Crippen LogP contribution >= 0.6 is 23.4 Å². The van der Waals surface area contributed by atoms with Crippen molar-refractivity contribution in [3.05, 3.63) is 29.3 Å². The first-order valence-corrected chi connectivity index (χ1v) is 7.38. The Morgan fingerprint density at radius 2 is 2.24 bits per heavy atom. The van der Waals surface area contributed by atoms with Crippen LogP contribution in [0.1, 0.15) is 26.7 Å². The standard InChI is InChI=1S/C13H21ClN2S/c1-3-5-10(2)13(16-15)9-17-12-7-4-6-11(14)8-12/h4,6-8,10,13,16H,3,5,9,15H2,1-2H3. The lowest BCUT2D eigenvalue weighted by Crippen LogP contribution is -2.41. The third-order valence-corrected chi connectivity index (χ3v) is 4.22. The summed E-state index contributed by atoms with van der Waals surface area (Å²) in [6.45, 7) is 4.45. The van der Waals surface area contributed by atoms with Crippen LogP contribution in [-0.4, -0.2) is 11.8 Å². The maximum Gasteiger partial charge on any atom is 0.0417 e. The summed E-state index contributed by atoms with van der Waals surface area (Å²) >= 11 is 7.75. The van der Waals surface area contributed by atoms with E-state index in [2.05, 4.69) is 25.3 Å². The molecule has 1 rings (SSSR count). The predicted octanol–water partition coefficient (Wildman–Crippen LogP) is 3.70. The van der Waals surface area contributed by atoms with E-state index in [1.807, 2.05) is 18.2 Å². The minimum Gasteiger partial charge on any atom is -0.271 e.